The monoisotopic (exact) mass is 161 g/mol. The molecular formula is HCdNO2. The maximum Gasteiger partial charge on any atom is 0.00366 e. The zero-order valence-electron chi connectivity index (χ0n) is 2.02. The van der Waals surface area contributed by atoms with E-state index in [9.17, 15) is 0 Å². The summed E-state index contributed by atoms with van der Waals surface area (Å²) in [6, 6.07) is 0. The van der Waals surface area contributed by atoms with Gasteiger partial charge in [-0.25, -0.2) is 0 Å². The van der Waals surface area contributed by atoms with Crippen molar-refractivity contribution in [3.05, 3.63) is 10.1 Å². The van der Waals surface area contributed by atoms with E-state index in [0.29, 0.717) is 0 Å². The summed E-state index contributed by atoms with van der Waals surface area (Å²) in [5.74, 6) is 0. The van der Waals surface area contributed by atoms with Gasteiger partial charge in [-0.05, 0) is 0 Å². The zero-order valence-corrected chi connectivity index (χ0v) is 6.06. The van der Waals surface area contributed by atoms with Crippen LogP contribution in [0.3, 0.4) is 0 Å². The summed E-state index contributed by atoms with van der Waals surface area (Å²) in [5, 5.41) is 8.38. The molecule has 1 N–H and O–H groups in total. The number of nitrogens with one attached hydrogen (secondary N) is 1. The molecule has 0 spiro atoms. The molecule has 0 aromatic heterocycles. The van der Waals surface area contributed by atoms with Crippen LogP contribution < -0.4 is 5.34 Å². The molecule has 0 aromatic carbocycles. The van der Waals surface area contributed by atoms with Gasteiger partial charge >= 0.3 is 0 Å². The van der Waals surface area contributed by atoms with Gasteiger partial charge in [0.2, 0.25) is 0 Å². The molecule has 0 heterocycles. The Balaban J connectivity index is 0. The van der Waals surface area contributed by atoms with E-state index in [4.69, 9.17) is 10.1 Å². The second-order valence-corrected chi connectivity index (χ2v) is 0.0833. The molecule has 0 radical (unpaired) electrons. The molecule has 0 aliphatic carbocycles. The van der Waals surface area contributed by atoms with E-state index >= 15 is 0 Å². The van der Waals surface area contributed by atoms with Crippen LogP contribution in [0.5, 0.6) is 0 Å². The Bertz CT molecular complexity index is 13.5. The predicted octanol–water partition coefficient (Wildman–Crippen LogP) is -1.67. The third kappa shape index (κ3) is 39.1. The minimum Gasteiger partial charge on any atom is -0.267 e. The normalized spacial score (nSPS) is 3.00. The van der Waals surface area contributed by atoms with Crippen LogP contribution >= 0.6 is 0 Å². The van der Waals surface area contributed by atoms with Gasteiger partial charge in [0.1, 0.15) is 0 Å². The van der Waals surface area contributed by atoms with Crippen molar-refractivity contribution in [2.24, 2.45) is 0 Å². The molecule has 0 unspecified atom stereocenters. The smallest absolute Gasteiger partial charge is 0.00366 e. The molecule has 0 bridgehead atoms. The van der Waals surface area contributed by atoms with Gasteiger partial charge in [0.15, 0.2) is 0 Å². The van der Waals surface area contributed by atoms with Crippen LogP contribution in [0, 0.1) is 10.1 Å². The van der Waals surface area contributed by atoms with E-state index in [2.05, 4.69) is 0 Å². The molecule has 20 valence electrons. The largest absolute Gasteiger partial charge is 0.267 e. The van der Waals surface area contributed by atoms with E-state index in [-0.39, 0.29) is 32.6 Å². The maximum atomic E-state index is 8.12. The molecule has 0 saturated heterocycles. The van der Waals surface area contributed by atoms with Crippen molar-refractivity contribution in [3.63, 3.8) is 0 Å². The van der Waals surface area contributed by atoms with Crippen molar-refractivity contribution in [1.82, 2.24) is 0 Å². The molecule has 0 rings (SSSR count). The van der Waals surface area contributed by atoms with Crippen LogP contribution in [0.1, 0.15) is 0 Å². The van der Waals surface area contributed by atoms with Crippen molar-refractivity contribution in [3.8, 4) is 0 Å². The molecule has 0 amide bonds. The minimum absolute atomic E-state index is 0. The molecule has 0 saturated carbocycles. The van der Waals surface area contributed by atoms with Crippen LogP contribution in [0.15, 0.2) is 0 Å². The van der Waals surface area contributed by atoms with Gasteiger partial charge in [-0.15, -0.1) is 0 Å². The summed E-state index contributed by atoms with van der Waals surface area (Å²) < 4.78 is 0. The average Bonchev–Trinajstić information content (AvgIpc) is 0.918. The SMILES string of the molecule is O=[NH+][O-].[Cd]. The molecule has 3 nitrogen and oxygen atoms in total. The first-order valence-corrected chi connectivity index (χ1v) is 0.408. The summed E-state index contributed by atoms with van der Waals surface area (Å²) in [4.78, 5) is 8.12. The van der Waals surface area contributed by atoms with E-state index in [0.717, 1.165) is 0 Å². The quantitative estimate of drug-likeness (QED) is 0.261. The first-order valence-electron chi connectivity index (χ1n) is 0.408. The average molecular weight is 159 g/mol. The molecule has 0 aromatic rings. The van der Waals surface area contributed by atoms with Gasteiger partial charge in [-0.1, -0.05) is 0 Å². The molecule has 0 aliphatic rings. The molecular weight excluding hydrogens is 158 g/mol. The summed E-state index contributed by atoms with van der Waals surface area (Å²) in [6.07, 6.45) is 0. The molecule has 4 heteroatoms. The molecule has 4 heavy (non-hydrogen) atoms. The fraction of sp³-hybridized carbons (Fsp3) is 0. The van der Waals surface area contributed by atoms with Gasteiger partial charge in [-0.2, -0.15) is 0 Å². The standard InChI is InChI=1S/Cd.HNO2/c;2-1-3/h;1H. The summed E-state index contributed by atoms with van der Waals surface area (Å²) in [6.45, 7) is 0. The van der Waals surface area contributed by atoms with Crippen molar-refractivity contribution in [1.29, 1.82) is 0 Å². The van der Waals surface area contributed by atoms with Crippen molar-refractivity contribution < 1.29 is 32.6 Å². The summed E-state index contributed by atoms with van der Waals surface area (Å²) >= 11 is 0. The van der Waals surface area contributed by atoms with Gasteiger partial charge in [0.25, 0.3) is 0 Å². The molecule has 0 aliphatic heterocycles. The van der Waals surface area contributed by atoms with Gasteiger partial charge < -0.3 is 0 Å². The second-order valence-electron chi connectivity index (χ2n) is 0.0833. The first-order chi connectivity index (χ1) is 1.41. The van der Waals surface area contributed by atoms with Crippen LogP contribution in [-0.2, 0) is 27.3 Å². The Kier molecular flexibility index (Phi) is 22.7. The van der Waals surface area contributed by atoms with E-state index in [1.807, 2.05) is 0 Å². The van der Waals surface area contributed by atoms with Crippen LogP contribution in [0.2, 0.25) is 0 Å². The third-order valence-electron chi connectivity index (χ3n) is 0. The van der Waals surface area contributed by atoms with Crippen LogP contribution in [0.25, 0.3) is 0 Å². The third-order valence-corrected chi connectivity index (χ3v) is 0. The topological polar surface area (TPSA) is 54.1 Å². The second kappa shape index (κ2) is 10.2. The van der Waals surface area contributed by atoms with Crippen LogP contribution in [-0.4, -0.2) is 0 Å². The fourth-order valence-electron chi connectivity index (χ4n) is 0. The Morgan fingerprint density at radius 2 is 1.75 bits per heavy atom. The van der Waals surface area contributed by atoms with Crippen molar-refractivity contribution >= 4 is 0 Å². The van der Waals surface area contributed by atoms with E-state index in [1.54, 1.807) is 0 Å². The molecule has 0 atom stereocenters. The van der Waals surface area contributed by atoms with Gasteiger partial charge in [0.05, 0.1) is 0 Å². The Hall–Kier alpha value is 0.322. The van der Waals surface area contributed by atoms with E-state index in [1.165, 1.54) is 0 Å². The first kappa shape index (κ1) is 8.85. The maximum absolute atomic E-state index is 8.12. The van der Waals surface area contributed by atoms with Crippen molar-refractivity contribution in [2.45, 2.75) is 0 Å². The number of hydrogen-bond acceptors (Lipinski definition) is 2. The zero-order chi connectivity index (χ0) is 2.71. The van der Waals surface area contributed by atoms with E-state index < -0.39 is 0 Å². The van der Waals surface area contributed by atoms with Gasteiger partial charge in [0, 0.05) is 32.6 Å². The fourth-order valence-corrected chi connectivity index (χ4v) is 0. The van der Waals surface area contributed by atoms with Crippen LogP contribution in [0.4, 0.5) is 0 Å². The number of hydrogen-bond donors (Lipinski definition) is 1. The summed E-state index contributed by atoms with van der Waals surface area (Å²) in [5.41, 5.74) is 0. The van der Waals surface area contributed by atoms with Gasteiger partial charge in [-0.3, -0.25) is 10.1 Å². The van der Waals surface area contributed by atoms with Crippen molar-refractivity contribution in [2.75, 3.05) is 0 Å². The Labute approximate surface area is 43.1 Å². The Morgan fingerprint density at radius 1 is 1.75 bits per heavy atom. The number of rotatable bonds is 0. The Morgan fingerprint density at radius 3 is 1.75 bits per heavy atom. The molecule has 0 fully saturated rings. The predicted molar refractivity (Wildman–Crippen MR) is 7.70 cm³/mol. The summed E-state index contributed by atoms with van der Waals surface area (Å²) in [7, 11) is 0. The minimum atomic E-state index is 0.